The zero-order valence-corrected chi connectivity index (χ0v) is 14.0. The minimum Gasteiger partial charge on any atom is -0.494 e. The molecule has 1 heterocycles. The number of hydrogen-bond acceptors (Lipinski definition) is 4. The molecule has 0 bridgehead atoms. The molecular weight excluding hydrogens is 362 g/mol. The van der Waals surface area contributed by atoms with Crippen molar-refractivity contribution in [2.24, 2.45) is 0 Å². The third-order valence-corrected chi connectivity index (χ3v) is 3.92. The summed E-state index contributed by atoms with van der Waals surface area (Å²) in [5, 5.41) is 0.807. The van der Waals surface area contributed by atoms with E-state index in [0.29, 0.717) is 23.5 Å². The molecule has 2 aromatic rings. The highest BCUT2D eigenvalue weighted by Gasteiger charge is 2.36. The van der Waals surface area contributed by atoms with Crippen LogP contribution in [0.3, 0.4) is 0 Å². The van der Waals surface area contributed by atoms with E-state index in [9.17, 15) is 9.59 Å². The summed E-state index contributed by atoms with van der Waals surface area (Å²) < 4.78 is 6.40. The van der Waals surface area contributed by atoms with Crippen LogP contribution in [-0.4, -0.2) is 23.5 Å². The molecule has 0 spiro atoms. The number of carbonyl (C=O) groups is 2. The van der Waals surface area contributed by atoms with Crippen LogP contribution in [0.1, 0.15) is 33.2 Å². The minimum atomic E-state index is -0.446. The zero-order chi connectivity index (χ0) is 16.4. The van der Waals surface area contributed by atoms with Crippen molar-refractivity contribution in [2.75, 3.05) is 6.61 Å². The molecule has 0 radical (unpaired) electrons. The van der Waals surface area contributed by atoms with Gasteiger partial charge in [0, 0.05) is 10.0 Å². The quantitative estimate of drug-likeness (QED) is 0.749. The molecule has 5 nitrogen and oxygen atoms in total. The van der Waals surface area contributed by atoms with E-state index in [1.807, 2.05) is 25.1 Å². The van der Waals surface area contributed by atoms with Gasteiger partial charge in [-0.25, -0.2) is 0 Å². The Kier molecular flexibility index (Phi) is 4.45. The topological polar surface area (TPSA) is 55.8 Å². The van der Waals surface area contributed by atoms with Gasteiger partial charge in [0.2, 0.25) is 0 Å². The van der Waals surface area contributed by atoms with Gasteiger partial charge in [0.1, 0.15) is 12.4 Å². The molecule has 1 aliphatic rings. The summed E-state index contributed by atoms with van der Waals surface area (Å²) in [6.07, 6.45) is 0. The first-order valence-electron chi connectivity index (χ1n) is 7.13. The second kappa shape index (κ2) is 6.52. The number of rotatable bonds is 5. The van der Waals surface area contributed by atoms with Crippen molar-refractivity contribution in [1.82, 2.24) is 5.06 Å². The van der Waals surface area contributed by atoms with Crippen molar-refractivity contribution < 1.29 is 19.2 Å². The molecule has 2 aromatic carbocycles. The maximum Gasteiger partial charge on any atom is 0.285 e. The third-order valence-electron chi connectivity index (χ3n) is 3.43. The summed E-state index contributed by atoms with van der Waals surface area (Å²) in [6.45, 7) is 2.46. The first-order chi connectivity index (χ1) is 11.1. The number of nitrogens with zero attached hydrogens (tertiary/aromatic N) is 1. The second-order valence-electron chi connectivity index (χ2n) is 4.91. The highest BCUT2D eigenvalue weighted by atomic mass is 79.9. The molecule has 0 N–H and O–H groups in total. The number of imide groups is 1. The number of hydrogen-bond donors (Lipinski definition) is 0. The molecule has 0 atom stereocenters. The van der Waals surface area contributed by atoms with Crippen molar-refractivity contribution in [3.8, 4) is 5.75 Å². The van der Waals surface area contributed by atoms with Gasteiger partial charge in [-0.2, -0.15) is 0 Å². The van der Waals surface area contributed by atoms with E-state index < -0.39 is 11.8 Å². The Morgan fingerprint density at radius 3 is 2.30 bits per heavy atom. The lowest BCUT2D eigenvalue weighted by Crippen LogP contribution is -2.29. The fraction of sp³-hybridized carbons (Fsp3) is 0.176. The van der Waals surface area contributed by atoms with Crippen LogP contribution in [0, 0.1) is 0 Å². The van der Waals surface area contributed by atoms with Crippen LogP contribution in [0.25, 0.3) is 0 Å². The number of hydroxylamine groups is 2. The van der Waals surface area contributed by atoms with E-state index in [1.165, 1.54) is 0 Å². The van der Waals surface area contributed by atoms with Crippen LogP contribution in [0.5, 0.6) is 5.75 Å². The number of benzene rings is 2. The summed E-state index contributed by atoms with van der Waals surface area (Å²) in [5.41, 5.74) is 1.46. The maximum atomic E-state index is 12.2. The van der Waals surface area contributed by atoms with E-state index in [1.54, 1.807) is 24.3 Å². The molecule has 23 heavy (non-hydrogen) atoms. The Morgan fingerprint density at radius 1 is 1.04 bits per heavy atom. The van der Waals surface area contributed by atoms with E-state index in [2.05, 4.69) is 15.9 Å². The lowest BCUT2D eigenvalue weighted by molar-refractivity contribution is -0.101. The smallest absolute Gasteiger partial charge is 0.285 e. The Balaban J connectivity index is 1.79. The van der Waals surface area contributed by atoms with Gasteiger partial charge >= 0.3 is 0 Å². The van der Waals surface area contributed by atoms with Crippen LogP contribution in [0.4, 0.5) is 0 Å². The van der Waals surface area contributed by atoms with Crippen LogP contribution < -0.4 is 4.74 Å². The number of halogens is 1. The highest BCUT2D eigenvalue weighted by Crippen LogP contribution is 2.27. The van der Waals surface area contributed by atoms with Crippen molar-refractivity contribution in [2.45, 2.75) is 13.5 Å². The highest BCUT2D eigenvalue weighted by molar-refractivity contribution is 9.10. The Labute approximate surface area is 141 Å². The van der Waals surface area contributed by atoms with Gasteiger partial charge in [0.25, 0.3) is 11.8 Å². The zero-order valence-electron chi connectivity index (χ0n) is 12.4. The molecule has 2 amide bonds. The van der Waals surface area contributed by atoms with E-state index in [4.69, 9.17) is 9.57 Å². The van der Waals surface area contributed by atoms with Crippen LogP contribution >= 0.6 is 15.9 Å². The molecule has 0 unspecified atom stereocenters. The fourth-order valence-electron chi connectivity index (χ4n) is 2.38. The van der Waals surface area contributed by atoms with Crippen molar-refractivity contribution >= 4 is 27.7 Å². The summed E-state index contributed by atoms with van der Waals surface area (Å²) in [4.78, 5) is 30.0. The van der Waals surface area contributed by atoms with Crippen molar-refractivity contribution in [3.63, 3.8) is 0 Å². The van der Waals surface area contributed by atoms with Gasteiger partial charge in [-0.05, 0) is 37.3 Å². The lowest BCUT2D eigenvalue weighted by Gasteiger charge is -2.15. The largest absolute Gasteiger partial charge is 0.494 e. The predicted octanol–water partition coefficient (Wildman–Crippen LogP) is 3.58. The number of amides is 2. The molecule has 6 heteroatoms. The molecule has 1 aliphatic heterocycles. The van der Waals surface area contributed by atoms with Crippen LogP contribution in [0.2, 0.25) is 0 Å². The SMILES string of the molecule is CCOc1ccc(Br)cc1CON1C(=O)c2ccccc2C1=O. The number of carbonyl (C=O) groups excluding carboxylic acids is 2. The average molecular weight is 376 g/mol. The molecule has 0 saturated carbocycles. The summed E-state index contributed by atoms with van der Waals surface area (Å²) in [5.74, 6) is -0.232. The van der Waals surface area contributed by atoms with Crippen LogP contribution in [0.15, 0.2) is 46.9 Å². The summed E-state index contributed by atoms with van der Waals surface area (Å²) in [7, 11) is 0. The second-order valence-corrected chi connectivity index (χ2v) is 5.82. The Hall–Kier alpha value is -2.18. The summed E-state index contributed by atoms with van der Waals surface area (Å²) in [6, 6.07) is 12.2. The standard InChI is InChI=1S/C17H14BrNO4/c1-2-22-15-8-7-12(18)9-11(15)10-23-19-16(20)13-5-3-4-6-14(13)17(19)21/h3-9H,2,10H2,1H3. The van der Waals surface area contributed by atoms with E-state index in [-0.39, 0.29) is 6.61 Å². The maximum absolute atomic E-state index is 12.2. The van der Waals surface area contributed by atoms with Gasteiger partial charge in [-0.1, -0.05) is 28.1 Å². The van der Waals surface area contributed by atoms with Crippen molar-refractivity contribution in [3.05, 3.63) is 63.6 Å². The number of fused-ring (bicyclic) bond motifs is 1. The average Bonchev–Trinajstić information content (AvgIpc) is 2.80. The first kappa shape index (κ1) is 15.7. The lowest BCUT2D eigenvalue weighted by atomic mass is 10.1. The number of ether oxygens (including phenoxy) is 1. The van der Waals surface area contributed by atoms with Crippen LogP contribution in [-0.2, 0) is 11.4 Å². The van der Waals surface area contributed by atoms with Gasteiger partial charge in [0.05, 0.1) is 17.7 Å². The van der Waals surface area contributed by atoms with Gasteiger partial charge in [-0.3, -0.25) is 14.4 Å². The van der Waals surface area contributed by atoms with E-state index >= 15 is 0 Å². The molecular formula is C17H14BrNO4. The minimum absolute atomic E-state index is 0.0558. The van der Waals surface area contributed by atoms with E-state index in [0.717, 1.165) is 15.1 Å². The molecule has 0 fully saturated rings. The molecule has 118 valence electrons. The normalized spacial score (nSPS) is 13.4. The molecule has 3 rings (SSSR count). The van der Waals surface area contributed by atoms with Gasteiger partial charge in [-0.15, -0.1) is 5.06 Å². The Bertz CT molecular complexity index is 740. The monoisotopic (exact) mass is 375 g/mol. The molecule has 0 aromatic heterocycles. The predicted molar refractivity (Wildman–Crippen MR) is 87.0 cm³/mol. The third kappa shape index (κ3) is 3.00. The van der Waals surface area contributed by atoms with Gasteiger partial charge in [0.15, 0.2) is 0 Å². The fourth-order valence-corrected chi connectivity index (χ4v) is 2.78. The molecule has 0 saturated heterocycles. The molecule has 0 aliphatic carbocycles. The first-order valence-corrected chi connectivity index (χ1v) is 7.93. The van der Waals surface area contributed by atoms with Crippen molar-refractivity contribution in [1.29, 1.82) is 0 Å². The summed E-state index contributed by atoms with van der Waals surface area (Å²) >= 11 is 3.39. The Morgan fingerprint density at radius 2 is 1.70 bits per heavy atom. The van der Waals surface area contributed by atoms with Gasteiger partial charge < -0.3 is 4.74 Å².